The van der Waals surface area contributed by atoms with Gasteiger partial charge in [-0.1, -0.05) is 31.8 Å². The Morgan fingerprint density at radius 1 is 1.38 bits per heavy atom. The molecule has 1 atom stereocenters. The summed E-state index contributed by atoms with van der Waals surface area (Å²) >= 11 is 0. The molecule has 2 aromatic rings. The molecule has 1 aromatic carbocycles. The topological polar surface area (TPSA) is 73.1 Å². The SMILES string of the molecule is CCN(CC)CC#C[C@@H](C)OC(=O)c1cccc(-n2cnnn2)c1. The van der Waals surface area contributed by atoms with Crippen molar-refractivity contribution < 1.29 is 9.53 Å². The third kappa shape index (κ3) is 4.89. The first-order chi connectivity index (χ1) is 11.6. The van der Waals surface area contributed by atoms with Gasteiger partial charge < -0.3 is 4.74 Å². The van der Waals surface area contributed by atoms with Crippen LogP contribution in [0.1, 0.15) is 31.1 Å². The van der Waals surface area contributed by atoms with Gasteiger partial charge in [0.2, 0.25) is 0 Å². The van der Waals surface area contributed by atoms with Gasteiger partial charge in [0.05, 0.1) is 17.8 Å². The molecule has 0 aliphatic heterocycles. The van der Waals surface area contributed by atoms with E-state index in [9.17, 15) is 4.79 Å². The van der Waals surface area contributed by atoms with E-state index in [0.29, 0.717) is 17.8 Å². The lowest BCUT2D eigenvalue weighted by Crippen LogP contribution is -2.23. The van der Waals surface area contributed by atoms with Crippen molar-refractivity contribution in [1.82, 2.24) is 25.1 Å². The van der Waals surface area contributed by atoms with Gasteiger partial charge in [0.1, 0.15) is 6.33 Å². The molecule has 0 radical (unpaired) electrons. The van der Waals surface area contributed by atoms with Gasteiger partial charge in [-0.05, 0) is 48.6 Å². The Hall–Kier alpha value is -2.72. The van der Waals surface area contributed by atoms with Crippen molar-refractivity contribution in [2.75, 3.05) is 19.6 Å². The smallest absolute Gasteiger partial charge is 0.339 e. The maximum atomic E-state index is 12.2. The molecular weight excluding hydrogens is 306 g/mol. The Bertz CT molecular complexity index is 714. The minimum absolute atomic E-state index is 0.422. The van der Waals surface area contributed by atoms with E-state index in [1.807, 2.05) is 0 Å². The zero-order chi connectivity index (χ0) is 17.4. The first kappa shape index (κ1) is 17.6. The highest BCUT2D eigenvalue weighted by Crippen LogP contribution is 2.10. The maximum Gasteiger partial charge on any atom is 0.339 e. The van der Waals surface area contributed by atoms with E-state index in [0.717, 1.165) is 13.1 Å². The van der Waals surface area contributed by atoms with Gasteiger partial charge in [0.25, 0.3) is 0 Å². The maximum absolute atomic E-state index is 12.2. The molecule has 0 aliphatic carbocycles. The van der Waals surface area contributed by atoms with E-state index in [-0.39, 0.29) is 0 Å². The van der Waals surface area contributed by atoms with Gasteiger partial charge in [0, 0.05) is 0 Å². The Labute approximate surface area is 141 Å². The molecule has 0 bridgehead atoms. The summed E-state index contributed by atoms with van der Waals surface area (Å²) in [5.74, 6) is 5.58. The summed E-state index contributed by atoms with van der Waals surface area (Å²) in [5.41, 5.74) is 1.12. The number of tetrazole rings is 1. The van der Waals surface area contributed by atoms with Crippen LogP contribution in [-0.4, -0.2) is 56.8 Å². The summed E-state index contributed by atoms with van der Waals surface area (Å²) in [6.07, 6.45) is 0.996. The zero-order valence-electron chi connectivity index (χ0n) is 14.1. The van der Waals surface area contributed by atoms with Crippen LogP contribution in [0, 0.1) is 11.8 Å². The number of ether oxygens (including phenoxy) is 1. The predicted octanol–water partition coefficient (Wildman–Crippen LogP) is 1.55. The van der Waals surface area contributed by atoms with Crippen molar-refractivity contribution in [2.45, 2.75) is 26.9 Å². The lowest BCUT2D eigenvalue weighted by Gasteiger charge is -2.13. The summed E-state index contributed by atoms with van der Waals surface area (Å²) < 4.78 is 6.84. The predicted molar refractivity (Wildman–Crippen MR) is 89.6 cm³/mol. The first-order valence-electron chi connectivity index (χ1n) is 7.89. The lowest BCUT2D eigenvalue weighted by molar-refractivity contribution is 0.0438. The molecule has 1 heterocycles. The van der Waals surface area contributed by atoms with E-state index in [1.54, 1.807) is 31.2 Å². The number of esters is 1. The summed E-state index contributed by atoms with van der Waals surface area (Å²) in [7, 11) is 0. The van der Waals surface area contributed by atoms with Crippen molar-refractivity contribution in [2.24, 2.45) is 0 Å². The van der Waals surface area contributed by atoms with Crippen LogP contribution in [0.3, 0.4) is 0 Å². The van der Waals surface area contributed by atoms with Crippen LogP contribution in [0.2, 0.25) is 0 Å². The van der Waals surface area contributed by atoms with Crippen LogP contribution in [0.5, 0.6) is 0 Å². The molecule has 0 saturated heterocycles. The Morgan fingerprint density at radius 2 is 2.17 bits per heavy atom. The van der Waals surface area contributed by atoms with Crippen molar-refractivity contribution >= 4 is 5.97 Å². The number of rotatable bonds is 6. The molecule has 0 fully saturated rings. The van der Waals surface area contributed by atoms with Gasteiger partial charge in [-0.15, -0.1) is 5.10 Å². The quantitative estimate of drug-likeness (QED) is 0.592. The van der Waals surface area contributed by atoms with Gasteiger partial charge in [-0.2, -0.15) is 0 Å². The molecule has 1 aromatic heterocycles. The van der Waals surface area contributed by atoms with E-state index < -0.39 is 12.1 Å². The molecule has 126 valence electrons. The van der Waals surface area contributed by atoms with Crippen LogP contribution in [0.25, 0.3) is 5.69 Å². The molecule has 0 aliphatic rings. The second-order valence-corrected chi connectivity index (χ2v) is 5.13. The number of carbonyl (C=O) groups is 1. The van der Waals surface area contributed by atoms with Crippen molar-refractivity contribution in [3.8, 4) is 17.5 Å². The van der Waals surface area contributed by atoms with Crippen LogP contribution in [-0.2, 0) is 4.74 Å². The van der Waals surface area contributed by atoms with Gasteiger partial charge in [0.15, 0.2) is 6.10 Å². The highest BCUT2D eigenvalue weighted by molar-refractivity contribution is 5.90. The third-order valence-corrected chi connectivity index (χ3v) is 3.48. The fourth-order valence-corrected chi connectivity index (χ4v) is 2.06. The minimum Gasteiger partial charge on any atom is -0.446 e. The summed E-state index contributed by atoms with van der Waals surface area (Å²) in [6, 6.07) is 6.92. The number of hydrogen-bond acceptors (Lipinski definition) is 6. The molecule has 2 rings (SSSR count). The number of benzene rings is 1. The molecule has 0 amide bonds. The molecule has 0 unspecified atom stereocenters. The summed E-state index contributed by atoms with van der Waals surface area (Å²) in [4.78, 5) is 14.4. The second-order valence-electron chi connectivity index (χ2n) is 5.13. The van der Waals surface area contributed by atoms with E-state index in [4.69, 9.17) is 4.74 Å². The van der Waals surface area contributed by atoms with Crippen molar-refractivity contribution in [1.29, 1.82) is 0 Å². The number of hydrogen-bond donors (Lipinski definition) is 0. The van der Waals surface area contributed by atoms with Crippen LogP contribution >= 0.6 is 0 Å². The van der Waals surface area contributed by atoms with Crippen LogP contribution < -0.4 is 0 Å². The Balaban J connectivity index is 1.97. The normalized spacial score (nSPS) is 11.7. The molecule has 7 heteroatoms. The Kier molecular flexibility index (Phi) is 6.46. The molecule has 24 heavy (non-hydrogen) atoms. The van der Waals surface area contributed by atoms with Gasteiger partial charge in [-0.25, -0.2) is 9.48 Å². The highest BCUT2D eigenvalue weighted by Gasteiger charge is 2.11. The third-order valence-electron chi connectivity index (χ3n) is 3.48. The molecule has 7 nitrogen and oxygen atoms in total. The fraction of sp³-hybridized carbons (Fsp3) is 0.412. The zero-order valence-corrected chi connectivity index (χ0v) is 14.1. The number of nitrogens with zero attached hydrogens (tertiary/aromatic N) is 5. The molecular formula is C17H21N5O2. The van der Waals surface area contributed by atoms with E-state index in [2.05, 4.69) is 46.1 Å². The second kappa shape index (κ2) is 8.79. The molecule has 0 spiro atoms. The van der Waals surface area contributed by atoms with Gasteiger partial charge in [-0.3, -0.25) is 4.90 Å². The molecule has 0 saturated carbocycles. The number of carbonyl (C=O) groups excluding carboxylic acids is 1. The Morgan fingerprint density at radius 3 is 2.83 bits per heavy atom. The average Bonchev–Trinajstić information content (AvgIpc) is 3.13. The van der Waals surface area contributed by atoms with E-state index in [1.165, 1.54) is 11.0 Å². The highest BCUT2D eigenvalue weighted by atomic mass is 16.5. The monoisotopic (exact) mass is 327 g/mol. The minimum atomic E-state index is -0.468. The van der Waals surface area contributed by atoms with Crippen molar-refractivity contribution in [3.63, 3.8) is 0 Å². The largest absolute Gasteiger partial charge is 0.446 e. The summed E-state index contributed by atoms with van der Waals surface area (Å²) in [6.45, 7) is 8.51. The summed E-state index contributed by atoms with van der Waals surface area (Å²) in [5, 5.41) is 11.0. The average molecular weight is 327 g/mol. The van der Waals surface area contributed by atoms with Gasteiger partial charge >= 0.3 is 5.97 Å². The first-order valence-corrected chi connectivity index (χ1v) is 7.89. The lowest BCUT2D eigenvalue weighted by atomic mass is 10.2. The van der Waals surface area contributed by atoms with E-state index >= 15 is 0 Å². The van der Waals surface area contributed by atoms with Crippen LogP contribution in [0.15, 0.2) is 30.6 Å². The van der Waals surface area contributed by atoms with Crippen molar-refractivity contribution in [3.05, 3.63) is 36.2 Å². The molecule has 0 N–H and O–H groups in total. The van der Waals surface area contributed by atoms with Crippen LogP contribution in [0.4, 0.5) is 0 Å². The standard InChI is InChI=1S/C17H21N5O2/c1-4-21(5-2)11-7-8-14(3)24-17(23)15-9-6-10-16(12-15)22-13-18-19-20-22/h6,9-10,12-14H,4-5,11H2,1-3H3/t14-/m1/s1. The fourth-order valence-electron chi connectivity index (χ4n) is 2.06. The number of aromatic nitrogens is 4.